The highest BCUT2D eigenvalue weighted by molar-refractivity contribution is 5.93. The molecule has 2 amide bonds. The molecule has 0 aliphatic carbocycles. The van der Waals surface area contributed by atoms with Crippen molar-refractivity contribution in [2.75, 3.05) is 31.6 Å². The number of hydrogen-bond acceptors (Lipinski definition) is 9. The van der Waals surface area contributed by atoms with Crippen molar-refractivity contribution in [3.8, 4) is 11.5 Å². The first-order chi connectivity index (χ1) is 21.1. The molecule has 0 spiro atoms. The molecule has 0 radical (unpaired) electrons. The zero-order chi connectivity index (χ0) is 31.1. The minimum Gasteiger partial charge on any atom is -0.491 e. The largest absolute Gasteiger partial charge is 0.491 e. The van der Waals surface area contributed by atoms with Crippen LogP contribution in [0.25, 0.3) is 0 Å². The number of nitrogens with two attached hydrogens (primary N) is 1. The van der Waals surface area contributed by atoms with Crippen LogP contribution in [0.4, 0.5) is 15.3 Å². The molecular weight excluding hydrogens is 568 g/mol. The zero-order valence-corrected chi connectivity index (χ0v) is 24.7. The van der Waals surface area contributed by atoms with Gasteiger partial charge >= 0.3 is 12.2 Å². The fourth-order valence-corrected chi connectivity index (χ4v) is 4.84. The van der Waals surface area contributed by atoms with Crippen LogP contribution >= 0.6 is 0 Å². The predicted octanol–water partition coefficient (Wildman–Crippen LogP) is 5.11. The summed E-state index contributed by atoms with van der Waals surface area (Å²) in [5.74, 6) is 0.860. The molecular formula is C32H36N4O8. The van der Waals surface area contributed by atoms with Gasteiger partial charge in [0.1, 0.15) is 24.2 Å². The molecule has 4 N–H and O–H groups in total. The second-order valence-electron chi connectivity index (χ2n) is 10.8. The van der Waals surface area contributed by atoms with E-state index in [2.05, 4.69) is 10.1 Å². The molecule has 232 valence electrons. The van der Waals surface area contributed by atoms with Crippen molar-refractivity contribution >= 4 is 23.9 Å². The Hall–Kier alpha value is -4.81. The number of ether oxygens (including phenoxy) is 6. The highest BCUT2D eigenvalue weighted by Crippen LogP contribution is 2.35. The van der Waals surface area contributed by atoms with Crippen LogP contribution in [0.3, 0.4) is 0 Å². The van der Waals surface area contributed by atoms with Crippen LogP contribution in [0.1, 0.15) is 42.2 Å². The van der Waals surface area contributed by atoms with E-state index in [1.807, 2.05) is 62.4 Å². The number of cyclic esters (lactones) is 1. The van der Waals surface area contributed by atoms with E-state index in [1.54, 1.807) is 23.1 Å². The summed E-state index contributed by atoms with van der Waals surface area (Å²) in [4.78, 5) is 25.0. The third-order valence-corrected chi connectivity index (χ3v) is 7.02. The van der Waals surface area contributed by atoms with Gasteiger partial charge in [-0.05, 0) is 59.5 Å². The number of carbonyl (C=O) groups excluding carboxylic acids is 2. The standard InChI is InChI=1S/C32H36N4O8/c1-32(2)41-20-24-17-23(8-11-27(24)44-32)28-18-36(31(38)42-28)13-12-21-6-9-26(10-7-21)40-15-14-39-19-22-4-3-5-25(16-22)35-29(33)43-30(34)37/h3-11,16-17,28H,12-15,18-20H2,1-2H3,(H2,33,35)(H2,34,37)/t28-/m0/s1. The number of fused-ring (bicyclic) bond motifs is 1. The van der Waals surface area contributed by atoms with E-state index in [0.29, 0.717) is 51.6 Å². The lowest BCUT2D eigenvalue weighted by molar-refractivity contribution is -0.180. The third-order valence-electron chi connectivity index (χ3n) is 7.02. The first kappa shape index (κ1) is 30.6. The topological polar surface area (TPSA) is 155 Å². The number of amidine groups is 1. The summed E-state index contributed by atoms with van der Waals surface area (Å²) in [6.07, 6.45) is -1.02. The van der Waals surface area contributed by atoms with Crippen LogP contribution in [0.15, 0.2) is 66.7 Å². The number of carbonyl (C=O) groups is 2. The van der Waals surface area contributed by atoms with Gasteiger partial charge in [-0.1, -0.05) is 30.3 Å². The predicted molar refractivity (Wildman–Crippen MR) is 160 cm³/mol. The maximum atomic E-state index is 12.6. The van der Waals surface area contributed by atoms with Crippen LogP contribution in [0, 0.1) is 5.41 Å². The van der Waals surface area contributed by atoms with Crippen molar-refractivity contribution in [2.24, 2.45) is 5.73 Å². The summed E-state index contributed by atoms with van der Waals surface area (Å²) in [7, 11) is 0. The molecule has 3 aromatic rings. The van der Waals surface area contributed by atoms with Gasteiger partial charge in [0, 0.05) is 31.6 Å². The molecule has 0 unspecified atom stereocenters. The molecule has 12 nitrogen and oxygen atoms in total. The third kappa shape index (κ3) is 8.39. The number of amides is 2. The van der Waals surface area contributed by atoms with Crippen LogP contribution in [0.5, 0.6) is 11.5 Å². The first-order valence-electron chi connectivity index (χ1n) is 14.3. The van der Waals surface area contributed by atoms with Crippen LogP contribution < -0.4 is 20.5 Å². The molecule has 1 saturated heterocycles. The van der Waals surface area contributed by atoms with Gasteiger partial charge in [0.25, 0.3) is 6.02 Å². The first-order valence-corrected chi connectivity index (χ1v) is 14.3. The molecule has 1 atom stereocenters. The van der Waals surface area contributed by atoms with Crippen molar-refractivity contribution in [3.05, 3.63) is 89.0 Å². The smallest absolute Gasteiger partial charge is 0.412 e. The average Bonchev–Trinajstić information content (AvgIpc) is 3.35. The molecule has 5 rings (SSSR count). The van der Waals surface area contributed by atoms with Crippen LogP contribution in [-0.4, -0.2) is 55.2 Å². The second kappa shape index (κ2) is 13.7. The van der Waals surface area contributed by atoms with Gasteiger partial charge in [-0.25, -0.2) is 9.59 Å². The fourth-order valence-electron chi connectivity index (χ4n) is 4.84. The second-order valence-corrected chi connectivity index (χ2v) is 10.8. The summed E-state index contributed by atoms with van der Waals surface area (Å²) in [6.45, 7) is 6.33. The lowest BCUT2D eigenvalue weighted by Gasteiger charge is -2.32. The molecule has 0 saturated carbocycles. The Morgan fingerprint density at radius 1 is 1.09 bits per heavy atom. The Bertz CT molecular complexity index is 1490. The van der Waals surface area contributed by atoms with Gasteiger partial charge in [-0.3, -0.25) is 5.41 Å². The Kier molecular flexibility index (Phi) is 9.51. The number of rotatable bonds is 11. The minimum absolute atomic E-state index is 0.319. The van der Waals surface area contributed by atoms with Crippen molar-refractivity contribution in [1.82, 2.24) is 4.90 Å². The summed E-state index contributed by atoms with van der Waals surface area (Å²) in [6, 6.07) is 20.3. The molecule has 0 bridgehead atoms. The summed E-state index contributed by atoms with van der Waals surface area (Å²) in [5, 5.41) is 10.2. The van der Waals surface area contributed by atoms with E-state index in [0.717, 1.165) is 33.8 Å². The Balaban J connectivity index is 1.01. The minimum atomic E-state index is -1.06. The lowest BCUT2D eigenvalue weighted by Crippen LogP contribution is -2.35. The fraction of sp³-hybridized carbons (Fsp3) is 0.344. The number of hydrogen-bond donors (Lipinski definition) is 3. The maximum Gasteiger partial charge on any atom is 0.412 e. The van der Waals surface area contributed by atoms with Gasteiger partial charge in [0.05, 0.1) is 26.4 Å². The molecule has 1 fully saturated rings. The number of primary amides is 1. The van der Waals surface area contributed by atoms with Gasteiger partial charge in [0.15, 0.2) is 0 Å². The molecule has 3 aromatic carbocycles. The van der Waals surface area contributed by atoms with Crippen molar-refractivity contribution in [1.29, 1.82) is 5.41 Å². The number of nitrogens with one attached hydrogen (secondary N) is 2. The number of nitrogens with zero attached hydrogens (tertiary/aromatic N) is 1. The number of anilines is 1. The molecule has 2 aliphatic heterocycles. The molecule has 12 heteroatoms. The van der Waals surface area contributed by atoms with E-state index in [4.69, 9.17) is 34.8 Å². The molecule has 2 aliphatic rings. The van der Waals surface area contributed by atoms with Gasteiger partial charge < -0.3 is 44.4 Å². The Morgan fingerprint density at radius 2 is 1.91 bits per heavy atom. The van der Waals surface area contributed by atoms with E-state index < -0.39 is 17.9 Å². The monoisotopic (exact) mass is 604 g/mol. The number of benzene rings is 3. The SMILES string of the molecule is CC1(C)OCc2cc([C@@H]3CN(CCc4ccc(OCCOCc5cccc(NC(=N)OC(N)=O)c5)cc4)C(=O)O3)ccc2O1. The molecule has 0 aromatic heterocycles. The lowest BCUT2D eigenvalue weighted by atomic mass is 10.0. The van der Waals surface area contributed by atoms with E-state index >= 15 is 0 Å². The van der Waals surface area contributed by atoms with Gasteiger partial charge in [0.2, 0.25) is 5.79 Å². The molecule has 44 heavy (non-hydrogen) atoms. The van der Waals surface area contributed by atoms with Crippen molar-refractivity contribution < 1.29 is 38.0 Å². The highest BCUT2D eigenvalue weighted by Gasteiger charge is 2.33. The normalized spacial score (nSPS) is 16.8. The van der Waals surface area contributed by atoms with E-state index in [1.165, 1.54) is 0 Å². The van der Waals surface area contributed by atoms with Crippen LogP contribution in [-0.2, 0) is 38.6 Å². The van der Waals surface area contributed by atoms with E-state index in [9.17, 15) is 9.59 Å². The van der Waals surface area contributed by atoms with Crippen molar-refractivity contribution in [3.63, 3.8) is 0 Å². The summed E-state index contributed by atoms with van der Waals surface area (Å²) in [5.41, 5.74) is 9.30. The Labute approximate surface area is 255 Å². The quantitative estimate of drug-likeness (QED) is 0.154. The zero-order valence-electron chi connectivity index (χ0n) is 24.7. The van der Waals surface area contributed by atoms with Gasteiger partial charge in [-0.2, -0.15) is 0 Å². The average molecular weight is 605 g/mol. The highest BCUT2D eigenvalue weighted by atomic mass is 16.7. The van der Waals surface area contributed by atoms with Gasteiger partial charge in [-0.15, -0.1) is 0 Å². The van der Waals surface area contributed by atoms with E-state index in [-0.39, 0.29) is 12.2 Å². The van der Waals surface area contributed by atoms with Crippen molar-refractivity contribution in [2.45, 2.75) is 45.4 Å². The Morgan fingerprint density at radius 3 is 2.70 bits per heavy atom. The van der Waals surface area contributed by atoms with Crippen LogP contribution in [0.2, 0.25) is 0 Å². The summed E-state index contributed by atoms with van der Waals surface area (Å²) < 4.78 is 33.2. The molecule has 2 heterocycles. The maximum absolute atomic E-state index is 12.6. The summed E-state index contributed by atoms with van der Waals surface area (Å²) >= 11 is 0.